The number of hydrogen-bond acceptors (Lipinski definition) is 1. The lowest BCUT2D eigenvalue weighted by molar-refractivity contribution is 1.12. The molecule has 0 fully saturated rings. The Kier molecular flexibility index (Phi) is 2.02. The van der Waals surface area contributed by atoms with Crippen LogP contribution in [0.5, 0.6) is 0 Å². The van der Waals surface area contributed by atoms with Gasteiger partial charge < -0.3 is 0 Å². The highest BCUT2D eigenvalue weighted by molar-refractivity contribution is 9.10. The Labute approximate surface area is 87.0 Å². The Morgan fingerprint density at radius 3 is 2.92 bits per heavy atom. The number of rotatable bonds is 0. The van der Waals surface area contributed by atoms with E-state index in [0.717, 1.165) is 15.4 Å². The molecule has 1 N–H and O–H groups in total. The largest absolute Gasteiger partial charge is 0.278 e. The first-order valence-electron chi connectivity index (χ1n) is 3.16. The second kappa shape index (κ2) is 2.91. The molecule has 5 heteroatoms. The topological polar surface area (TPSA) is 28.7 Å². The number of nitrogens with one attached hydrogen (secondary N) is 1. The van der Waals surface area contributed by atoms with Crippen LogP contribution in [-0.2, 0) is 0 Å². The average molecular weight is 266 g/mol. The van der Waals surface area contributed by atoms with E-state index < -0.39 is 0 Å². The summed E-state index contributed by atoms with van der Waals surface area (Å²) in [6.07, 6.45) is 1.70. The second-order valence-corrected chi connectivity index (χ2v) is 3.90. The van der Waals surface area contributed by atoms with Crippen LogP contribution in [0.4, 0.5) is 0 Å². The van der Waals surface area contributed by atoms with Crippen LogP contribution in [0.2, 0.25) is 10.0 Å². The minimum Gasteiger partial charge on any atom is -0.278 e. The lowest BCUT2D eigenvalue weighted by atomic mass is 10.2. The molecule has 12 heavy (non-hydrogen) atoms. The van der Waals surface area contributed by atoms with Crippen LogP contribution in [0.25, 0.3) is 10.9 Å². The molecular formula is C7H3BrCl2N2. The number of halogens is 3. The first-order valence-corrected chi connectivity index (χ1v) is 4.71. The SMILES string of the molecule is Clc1cc2[nH]ncc2c(Br)c1Cl. The van der Waals surface area contributed by atoms with E-state index in [1.165, 1.54) is 0 Å². The number of hydrogen-bond donors (Lipinski definition) is 1. The van der Waals surface area contributed by atoms with Gasteiger partial charge in [0, 0.05) is 9.86 Å². The maximum Gasteiger partial charge on any atom is 0.0742 e. The zero-order valence-corrected chi connectivity index (χ0v) is 8.83. The van der Waals surface area contributed by atoms with E-state index in [1.54, 1.807) is 12.3 Å². The summed E-state index contributed by atoms with van der Waals surface area (Å²) in [6.45, 7) is 0. The van der Waals surface area contributed by atoms with Crippen molar-refractivity contribution >= 4 is 50.0 Å². The van der Waals surface area contributed by atoms with E-state index in [4.69, 9.17) is 23.2 Å². The summed E-state index contributed by atoms with van der Waals surface area (Å²) in [5.41, 5.74) is 0.872. The molecule has 62 valence electrons. The van der Waals surface area contributed by atoms with Gasteiger partial charge >= 0.3 is 0 Å². The van der Waals surface area contributed by atoms with E-state index in [1.807, 2.05) is 0 Å². The van der Waals surface area contributed by atoms with Crippen LogP contribution >= 0.6 is 39.1 Å². The first-order chi connectivity index (χ1) is 5.70. The van der Waals surface area contributed by atoms with Gasteiger partial charge in [-0.1, -0.05) is 23.2 Å². The minimum absolute atomic E-state index is 0.514. The van der Waals surface area contributed by atoms with Crippen LogP contribution in [0.1, 0.15) is 0 Å². The molecule has 2 aromatic rings. The molecule has 0 aliphatic heterocycles. The smallest absolute Gasteiger partial charge is 0.0742 e. The molecule has 1 aromatic carbocycles. The maximum absolute atomic E-state index is 5.89. The summed E-state index contributed by atoms with van der Waals surface area (Å²) in [6, 6.07) is 1.75. The molecule has 0 aliphatic rings. The predicted molar refractivity (Wildman–Crippen MR) is 53.8 cm³/mol. The Morgan fingerprint density at radius 2 is 2.17 bits per heavy atom. The molecule has 0 aliphatic carbocycles. The molecule has 0 saturated carbocycles. The number of H-pyrrole nitrogens is 1. The molecule has 0 amide bonds. The van der Waals surface area contributed by atoms with Gasteiger partial charge in [-0.15, -0.1) is 0 Å². The average Bonchev–Trinajstić information content (AvgIpc) is 2.48. The van der Waals surface area contributed by atoms with Gasteiger partial charge in [0.1, 0.15) is 0 Å². The normalized spacial score (nSPS) is 10.9. The second-order valence-electron chi connectivity index (χ2n) is 2.32. The van der Waals surface area contributed by atoms with Crippen LogP contribution < -0.4 is 0 Å². The Bertz CT molecular complexity index is 438. The van der Waals surface area contributed by atoms with Gasteiger partial charge in [0.05, 0.1) is 21.8 Å². The van der Waals surface area contributed by atoms with Crippen molar-refractivity contribution in [2.45, 2.75) is 0 Å². The van der Waals surface area contributed by atoms with Gasteiger partial charge in [0.15, 0.2) is 0 Å². The third kappa shape index (κ3) is 1.13. The molecule has 0 unspecified atom stereocenters. The summed E-state index contributed by atoms with van der Waals surface area (Å²) >= 11 is 15.1. The molecule has 1 aromatic heterocycles. The quantitative estimate of drug-likeness (QED) is 0.724. The fourth-order valence-electron chi connectivity index (χ4n) is 0.994. The highest BCUT2D eigenvalue weighted by Crippen LogP contribution is 2.35. The predicted octanol–water partition coefficient (Wildman–Crippen LogP) is 3.63. The maximum atomic E-state index is 5.89. The summed E-state index contributed by atoms with van der Waals surface area (Å²) in [4.78, 5) is 0. The Balaban J connectivity index is 2.94. The van der Waals surface area contributed by atoms with Gasteiger partial charge in [-0.3, -0.25) is 5.10 Å². The zero-order valence-electron chi connectivity index (χ0n) is 5.74. The Morgan fingerprint density at radius 1 is 1.42 bits per heavy atom. The number of benzene rings is 1. The lowest BCUT2D eigenvalue weighted by Crippen LogP contribution is -1.74. The third-order valence-electron chi connectivity index (χ3n) is 1.58. The number of fused-ring (bicyclic) bond motifs is 1. The van der Waals surface area contributed by atoms with Crippen molar-refractivity contribution in [2.24, 2.45) is 0 Å². The van der Waals surface area contributed by atoms with Crippen molar-refractivity contribution in [3.63, 3.8) is 0 Å². The van der Waals surface area contributed by atoms with Crippen molar-refractivity contribution in [3.8, 4) is 0 Å². The van der Waals surface area contributed by atoms with Crippen LogP contribution in [0.15, 0.2) is 16.7 Å². The summed E-state index contributed by atoms with van der Waals surface area (Å²) in [5.74, 6) is 0. The highest BCUT2D eigenvalue weighted by Gasteiger charge is 2.08. The number of nitrogens with zero attached hydrogens (tertiary/aromatic N) is 1. The van der Waals surface area contributed by atoms with Crippen molar-refractivity contribution in [2.75, 3.05) is 0 Å². The summed E-state index contributed by atoms with van der Waals surface area (Å²) in [5, 5.41) is 8.65. The zero-order chi connectivity index (χ0) is 8.72. The van der Waals surface area contributed by atoms with Crippen molar-refractivity contribution in [1.29, 1.82) is 0 Å². The van der Waals surface area contributed by atoms with E-state index in [0.29, 0.717) is 10.0 Å². The number of aromatic nitrogens is 2. The van der Waals surface area contributed by atoms with E-state index in [-0.39, 0.29) is 0 Å². The molecule has 0 spiro atoms. The van der Waals surface area contributed by atoms with Crippen molar-refractivity contribution in [1.82, 2.24) is 10.2 Å². The Hall–Kier alpha value is -0.250. The van der Waals surface area contributed by atoms with E-state index in [9.17, 15) is 0 Å². The van der Waals surface area contributed by atoms with Gasteiger partial charge in [-0.25, -0.2) is 0 Å². The van der Waals surface area contributed by atoms with Gasteiger partial charge in [0.2, 0.25) is 0 Å². The molecule has 0 atom stereocenters. The van der Waals surface area contributed by atoms with E-state index >= 15 is 0 Å². The molecular weight excluding hydrogens is 263 g/mol. The van der Waals surface area contributed by atoms with Gasteiger partial charge in [-0.05, 0) is 22.0 Å². The van der Waals surface area contributed by atoms with E-state index in [2.05, 4.69) is 26.1 Å². The van der Waals surface area contributed by atoms with Crippen LogP contribution in [0, 0.1) is 0 Å². The highest BCUT2D eigenvalue weighted by atomic mass is 79.9. The number of aromatic amines is 1. The summed E-state index contributed by atoms with van der Waals surface area (Å²) < 4.78 is 0.778. The molecule has 0 bridgehead atoms. The standard InChI is InChI=1S/C7H3BrCl2N2/c8-6-3-2-11-12-5(3)1-4(9)7(6)10/h1-2H,(H,11,12). The summed E-state index contributed by atoms with van der Waals surface area (Å²) in [7, 11) is 0. The van der Waals surface area contributed by atoms with Crippen LogP contribution in [0.3, 0.4) is 0 Å². The molecule has 0 saturated heterocycles. The van der Waals surface area contributed by atoms with Gasteiger partial charge in [0.25, 0.3) is 0 Å². The third-order valence-corrected chi connectivity index (χ3v) is 3.42. The minimum atomic E-state index is 0.514. The monoisotopic (exact) mass is 264 g/mol. The fourth-order valence-corrected chi connectivity index (χ4v) is 2.00. The van der Waals surface area contributed by atoms with Crippen LogP contribution in [-0.4, -0.2) is 10.2 Å². The van der Waals surface area contributed by atoms with Gasteiger partial charge in [-0.2, -0.15) is 5.10 Å². The molecule has 2 rings (SSSR count). The molecule has 2 nitrogen and oxygen atoms in total. The fraction of sp³-hybridized carbons (Fsp3) is 0. The first kappa shape index (κ1) is 8.35. The lowest BCUT2D eigenvalue weighted by Gasteiger charge is -1.99. The van der Waals surface area contributed by atoms with Crippen molar-refractivity contribution < 1.29 is 0 Å². The molecule has 0 radical (unpaired) electrons. The van der Waals surface area contributed by atoms with Crippen molar-refractivity contribution in [3.05, 3.63) is 26.8 Å². The molecule has 1 heterocycles.